The lowest BCUT2D eigenvalue weighted by atomic mass is 10.0. The van der Waals surface area contributed by atoms with Crippen LogP contribution in [0.5, 0.6) is 11.5 Å². The number of aromatic amines is 1. The number of benzene rings is 2. The minimum Gasteiger partial charge on any atom is -0.490 e. The predicted octanol–water partition coefficient (Wildman–Crippen LogP) is 3.63. The van der Waals surface area contributed by atoms with Crippen molar-refractivity contribution < 1.29 is 23.8 Å². The van der Waals surface area contributed by atoms with Crippen LogP contribution in [-0.2, 0) is 20.7 Å². The van der Waals surface area contributed by atoms with E-state index in [2.05, 4.69) is 10.3 Å². The summed E-state index contributed by atoms with van der Waals surface area (Å²) in [6.45, 7) is 2.83. The van der Waals surface area contributed by atoms with Crippen LogP contribution in [0.25, 0.3) is 10.9 Å². The highest BCUT2D eigenvalue weighted by Crippen LogP contribution is 2.26. The Labute approximate surface area is 181 Å². The molecule has 1 heterocycles. The summed E-state index contributed by atoms with van der Waals surface area (Å²) in [5.41, 5.74) is 1.93. The largest absolute Gasteiger partial charge is 0.490 e. The molecule has 1 amide bonds. The molecular weight excluding hydrogens is 396 g/mol. The summed E-state index contributed by atoms with van der Waals surface area (Å²) in [6, 6.07) is 14.5. The monoisotopic (exact) mass is 424 g/mol. The second-order valence-corrected chi connectivity index (χ2v) is 7.04. The first-order valence-electron chi connectivity index (χ1n) is 10.4. The predicted molar refractivity (Wildman–Crippen MR) is 118 cm³/mol. The Morgan fingerprint density at radius 2 is 1.74 bits per heavy atom. The molecule has 0 saturated heterocycles. The van der Waals surface area contributed by atoms with Crippen molar-refractivity contribution in [3.63, 3.8) is 0 Å². The Hall–Kier alpha value is -3.48. The van der Waals surface area contributed by atoms with Crippen LogP contribution < -0.4 is 14.8 Å². The quantitative estimate of drug-likeness (QED) is 0.362. The molecule has 0 bridgehead atoms. The van der Waals surface area contributed by atoms with E-state index in [1.54, 1.807) is 0 Å². The Bertz CT molecular complexity index is 1010. The smallest absolute Gasteiger partial charge is 0.328 e. The fourth-order valence-corrected chi connectivity index (χ4v) is 3.38. The number of hydrogen-bond acceptors (Lipinski definition) is 5. The van der Waals surface area contributed by atoms with Gasteiger partial charge in [-0.15, -0.1) is 0 Å². The standard InChI is InChI=1S/C24H28N2O5/c1-3-30-21-11-6-7-12-22(21)31-14-8-13-23(27)26-20(24(28)29-2)15-17-16-25-19-10-5-4-9-18(17)19/h4-7,9-12,16,20,25H,3,8,13-15H2,1-2H3,(H,26,27)/t20-/m1/s1. The Kier molecular flexibility index (Phi) is 7.92. The molecule has 2 aromatic carbocycles. The van der Waals surface area contributed by atoms with Crippen molar-refractivity contribution in [2.75, 3.05) is 20.3 Å². The second kappa shape index (κ2) is 11.1. The first kappa shape index (κ1) is 22.2. The number of methoxy groups -OCH3 is 1. The molecule has 7 nitrogen and oxygen atoms in total. The van der Waals surface area contributed by atoms with Crippen LogP contribution in [-0.4, -0.2) is 43.2 Å². The van der Waals surface area contributed by atoms with E-state index >= 15 is 0 Å². The lowest BCUT2D eigenvalue weighted by Crippen LogP contribution is -2.43. The van der Waals surface area contributed by atoms with Crippen LogP contribution in [0.1, 0.15) is 25.3 Å². The molecule has 0 aliphatic rings. The van der Waals surface area contributed by atoms with Crippen molar-refractivity contribution in [3.05, 3.63) is 60.3 Å². The molecular formula is C24H28N2O5. The highest BCUT2D eigenvalue weighted by atomic mass is 16.5. The number of H-pyrrole nitrogens is 1. The maximum Gasteiger partial charge on any atom is 0.328 e. The van der Waals surface area contributed by atoms with Crippen LogP contribution in [0.2, 0.25) is 0 Å². The van der Waals surface area contributed by atoms with Gasteiger partial charge in [-0.05, 0) is 37.1 Å². The number of aromatic nitrogens is 1. The lowest BCUT2D eigenvalue weighted by Gasteiger charge is -2.16. The van der Waals surface area contributed by atoms with Crippen LogP contribution in [0.15, 0.2) is 54.7 Å². The molecule has 2 N–H and O–H groups in total. The maximum absolute atomic E-state index is 12.4. The van der Waals surface area contributed by atoms with E-state index in [9.17, 15) is 9.59 Å². The molecule has 0 aliphatic heterocycles. The van der Waals surface area contributed by atoms with Gasteiger partial charge in [0.25, 0.3) is 0 Å². The fraction of sp³-hybridized carbons (Fsp3) is 0.333. The third-order valence-corrected chi connectivity index (χ3v) is 4.87. The van der Waals surface area contributed by atoms with Gasteiger partial charge < -0.3 is 24.5 Å². The van der Waals surface area contributed by atoms with Gasteiger partial charge >= 0.3 is 5.97 Å². The summed E-state index contributed by atoms with van der Waals surface area (Å²) in [5, 5.41) is 3.81. The van der Waals surface area contributed by atoms with Gasteiger partial charge in [-0.2, -0.15) is 0 Å². The van der Waals surface area contributed by atoms with E-state index in [1.165, 1.54) is 7.11 Å². The maximum atomic E-state index is 12.4. The average molecular weight is 424 g/mol. The Balaban J connectivity index is 1.52. The van der Waals surface area contributed by atoms with E-state index in [0.29, 0.717) is 37.6 Å². The van der Waals surface area contributed by atoms with Crippen molar-refractivity contribution in [2.45, 2.75) is 32.2 Å². The van der Waals surface area contributed by atoms with E-state index in [4.69, 9.17) is 14.2 Å². The van der Waals surface area contributed by atoms with E-state index in [1.807, 2.05) is 61.7 Å². The topological polar surface area (TPSA) is 89.7 Å². The number of rotatable bonds is 11. The molecule has 0 aliphatic carbocycles. The molecule has 0 radical (unpaired) electrons. The number of ether oxygens (including phenoxy) is 3. The number of nitrogens with one attached hydrogen (secondary N) is 2. The SMILES string of the molecule is CCOc1ccccc1OCCCC(=O)N[C@H](Cc1c[nH]c2ccccc12)C(=O)OC. The number of carbonyl (C=O) groups excluding carboxylic acids is 2. The molecule has 0 spiro atoms. The average Bonchev–Trinajstić information content (AvgIpc) is 3.20. The molecule has 0 fully saturated rings. The molecule has 1 atom stereocenters. The van der Waals surface area contributed by atoms with Crippen LogP contribution in [0.3, 0.4) is 0 Å². The highest BCUT2D eigenvalue weighted by molar-refractivity contribution is 5.87. The minimum absolute atomic E-state index is 0.225. The van der Waals surface area contributed by atoms with Gasteiger partial charge in [0.1, 0.15) is 6.04 Å². The normalized spacial score (nSPS) is 11.7. The Morgan fingerprint density at radius 3 is 2.48 bits per heavy atom. The summed E-state index contributed by atoms with van der Waals surface area (Å²) < 4.78 is 16.2. The number of amides is 1. The summed E-state index contributed by atoms with van der Waals surface area (Å²) in [4.78, 5) is 27.9. The number of carbonyl (C=O) groups is 2. The zero-order valence-corrected chi connectivity index (χ0v) is 17.9. The summed E-state index contributed by atoms with van der Waals surface area (Å²) in [6.07, 6.45) is 2.95. The van der Waals surface area contributed by atoms with Gasteiger partial charge in [0.15, 0.2) is 11.5 Å². The van der Waals surface area contributed by atoms with Gasteiger partial charge in [-0.1, -0.05) is 30.3 Å². The zero-order valence-electron chi connectivity index (χ0n) is 17.9. The van der Waals surface area contributed by atoms with Crippen molar-refractivity contribution in [1.82, 2.24) is 10.3 Å². The summed E-state index contributed by atoms with van der Waals surface area (Å²) in [5.74, 6) is 0.632. The molecule has 7 heteroatoms. The number of para-hydroxylation sites is 3. The van der Waals surface area contributed by atoms with Crippen LogP contribution in [0.4, 0.5) is 0 Å². The van der Waals surface area contributed by atoms with Gasteiger partial charge in [0.2, 0.25) is 5.91 Å². The lowest BCUT2D eigenvalue weighted by molar-refractivity contribution is -0.145. The van der Waals surface area contributed by atoms with E-state index in [0.717, 1.165) is 16.5 Å². The summed E-state index contributed by atoms with van der Waals surface area (Å²) >= 11 is 0. The first-order chi connectivity index (χ1) is 15.1. The fourth-order valence-electron chi connectivity index (χ4n) is 3.38. The third kappa shape index (κ3) is 6.01. The molecule has 0 saturated carbocycles. The van der Waals surface area contributed by atoms with Crippen molar-refractivity contribution in [1.29, 1.82) is 0 Å². The highest BCUT2D eigenvalue weighted by Gasteiger charge is 2.23. The molecule has 1 aromatic heterocycles. The van der Waals surface area contributed by atoms with Crippen molar-refractivity contribution in [2.24, 2.45) is 0 Å². The number of fused-ring (bicyclic) bond motifs is 1. The van der Waals surface area contributed by atoms with Crippen LogP contribution in [0, 0.1) is 0 Å². The minimum atomic E-state index is -0.753. The molecule has 3 aromatic rings. The van der Waals surface area contributed by atoms with E-state index in [-0.39, 0.29) is 12.3 Å². The second-order valence-electron chi connectivity index (χ2n) is 7.04. The Morgan fingerprint density at radius 1 is 1.03 bits per heavy atom. The van der Waals surface area contributed by atoms with Gasteiger partial charge in [-0.25, -0.2) is 4.79 Å². The number of hydrogen-bond donors (Lipinski definition) is 2. The molecule has 3 rings (SSSR count). The molecule has 164 valence electrons. The van der Waals surface area contributed by atoms with Gasteiger partial charge in [0, 0.05) is 29.9 Å². The van der Waals surface area contributed by atoms with Crippen molar-refractivity contribution >= 4 is 22.8 Å². The molecule has 31 heavy (non-hydrogen) atoms. The first-order valence-corrected chi connectivity index (χ1v) is 10.4. The van der Waals surface area contributed by atoms with E-state index < -0.39 is 12.0 Å². The third-order valence-electron chi connectivity index (χ3n) is 4.87. The van der Waals surface area contributed by atoms with Crippen molar-refractivity contribution in [3.8, 4) is 11.5 Å². The summed E-state index contributed by atoms with van der Waals surface area (Å²) in [7, 11) is 1.32. The molecule has 0 unspecified atom stereocenters. The van der Waals surface area contributed by atoms with Crippen LogP contribution >= 0.6 is 0 Å². The van der Waals surface area contributed by atoms with Gasteiger partial charge in [-0.3, -0.25) is 4.79 Å². The number of esters is 1. The zero-order chi connectivity index (χ0) is 22.1. The van der Waals surface area contributed by atoms with Gasteiger partial charge in [0.05, 0.1) is 20.3 Å².